The van der Waals surface area contributed by atoms with Crippen LogP contribution < -0.4 is 10.1 Å². The largest absolute Gasteiger partial charge is 0.493 e. The predicted octanol–water partition coefficient (Wildman–Crippen LogP) is 5.68. The van der Waals surface area contributed by atoms with E-state index in [-0.39, 0.29) is 5.91 Å². The number of carbonyl (C=O) groups excluding carboxylic acids is 1. The third-order valence-electron chi connectivity index (χ3n) is 5.24. The normalized spacial score (nSPS) is 12.8. The summed E-state index contributed by atoms with van der Waals surface area (Å²) in [5.74, 6) is 1.04. The van der Waals surface area contributed by atoms with Crippen molar-refractivity contribution in [1.82, 2.24) is 4.98 Å². The molecule has 0 saturated carbocycles. The van der Waals surface area contributed by atoms with Gasteiger partial charge >= 0.3 is 0 Å². The summed E-state index contributed by atoms with van der Waals surface area (Å²) in [6.45, 7) is 1.25. The van der Waals surface area contributed by atoms with Gasteiger partial charge in [0.05, 0.1) is 6.61 Å². The molecule has 168 valence electrons. The number of aryl methyl sites for hydroxylation is 1. The van der Waals surface area contributed by atoms with Gasteiger partial charge in [0.15, 0.2) is 0 Å². The number of hydrogen-bond acceptors (Lipinski definition) is 4. The Kier molecular flexibility index (Phi) is 7.88. The number of dihydropyridines is 1. The maximum Gasteiger partial charge on any atom is 0.274 e. The minimum Gasteiger partial charge on any atom is -0.493 e. The lowest BCUT2D eigenvalue weighted by atomic mass is 10.1. The van der Waals surface area contributed by atoms with Gasteiger partial charge in [0.25, 0.3) is 5.91 Å². The van der Waals surface area contributed by atoms with E-state index in [0.29, 0.717) is 36.1 Å². The van der Waals surface area contributed by atoms with Crippen molar-refractivity contribution in [3.63, 3.8) is 0 Å². The minimum absolute atomic E-state index is 0.249. The van der Waals surface area contributed by atoms with E-state index in [4.69, 9.17) is 16.3 Å². The van der Waals surface area contributed by atoms with Crippen molar-refractivity contribution in [3.8, 4) is 5.75 Å². The molecule has 0 atom stereocenters. The first kappa shape index (κ1) is 22.7. The molecule has 4 rings (SSSR count). The van der Waals surface area contributed by atoms with Crippen LogP contribution in [-0.2, 0) is 17.6 Å². The molecule has 0 aliphatic carbocycles. The van der Waals surface area contributed by atoms with Gasteiger partial charge in [-0.3, -0.25) is 9.79 Å². The van der Waals surface area contributed by atoms with Crippen LogP contribution in [0.25, 0.3) is 0 Å². The second-order valence-electron chi connectivity index (χ2n) is 7.79. The summed E-state index contributed by atoms with van der Waals surface area (Å²) >= 11 is 6.26. The highest BCUT2D eigenvalue weighted by Crippen LogP contribution is 2.26. The molecular weight excluding hydrogens is 434 g/mol. The summed E-state index contributed by atoms with van der Waals surface area (Å²) in [6, 6.07) is 21.6. The van der Waals surface area contributed by atoms with E-state index >= 15 is 0 Å². The fourth-order valence-corrected chi connectivity index (χ4v) is 3.80. The van der Waals surface area contributed by atoms with Crippen molar-refractivity contribution in [2.45, 2.75) is 25.7 Å². The zero-order valence-corrected chi connectivity index (χ0v) is 19.1. The summed E-state index contributed by atoms with van der Waals surface area (Å²) in [6.07, 6.45) is 6.99. The Balaban J connectivity index is 1.39. The smallest absolute Gasteiger partial charge is 0.274 e. The van der Waals surface area contributed by atoms with Crippen LogP contribution >= 0.6 is 11.6 Å². The first-order chi connectivity index (χ1) is 16.2. The molecular formula is C27H26ClN3O2. The first-order valence-corrected chi connectivity index (χ1v) is 11.5. The number of aliphatic imine (C=N–C) groups is 1. The van der Waals surface area contributed by atoms with Gasteiger partial charge in [-0.25, -0.2) is 4.98 Å². The van der Waals surface area contributed by atoms with Crippen molar-refractivity contribution in [2.75, 3.05) is 18.5 Å². The molecule has 0 radical (unpaired) electrons. The van der Waals surface area contributed by atoms with Crippen LogP contribution in [0.5, 0.6) is 5.75 Å². The lowest BCUT2D eigenvalue weighted by molar-refractivity contribution is -0.110. The zero-order chi connectivity index (χ0) is 22.9. The fraction of sp³-hybridized carbons (Fsp3) is 0.222. The molecule has 0 bridgehead atoms. The van der Waals surface area contributed by atoms with Gasteiger partial charge in [-0.05, 0) is 61.2 Å². The summed E-state index contributed by atoms with van der Waals surface area (Å²) in [7, 11) is 0. The van der Waals surface area contributed by atoms with Crippen LogP contribution in [0.1, 0.15) is 29.7 Å². The molecule has 2 aromatic carbocycles. The van der Waals surface area contributed by atoms with E-state index in [1.165, 1.54) is 5.56 Å². The molecule has 1 aliphatic heterocycles. The molecule has 0 spiro atoms. The maximum atomic E-state index is 12.4. The maximum absolute atomic E-state index is 12.4. The number of benzene rings is 2. The van der Waals surface area contributed by atoms with E-state index < -0.39 is 0 Å². The van der Waals surface area contributed by atoms with Gasteiger partial charge in [-0.15, -0.1) is 0 Å². The highest BCUT2D eigenvalue weighted by Gasteiger charge is 2.12. The number of halogens is 1. The Morgan fingerprint density at radius 2 is 1.94 bits per heavy atom. The number of carbonyl (C=O) groups is 1. The van der Waals surface area contributed by atoms with Gasteiger partial charge in [-0.2, -0.15) is 0 Å². The molecule has 33 heavy (non-hydrogen) atoms. The number of nitrogens with one attached hydrogen (secondary N) is 1. The number of ether oxygens (including phenoxy) is 1. The lowest BCUT2D eigenvalue weighted by Gasteiger charge is -2.13. The lowest BCUT2D eigenvalue weighted by Crippen LogP contribution is -2.23. The number of nitrogens with zero attached hydrogens (tertiary/aromatic N) is 2. The zero-order valence-electron chi connectivity index (χ0n) is 18.3. The molecule has 6 heteroatoms. The van der Waals surface area contributed by atoms with E-state index in [1.807, 2.05) is 42.5 Å². The Morgan fingerprint density at radius 1 is 1.06 bits per heavy atom. The highest BCUT2D eigenvalue weighted by molar-refractivity contribution is 6.47. The number of pyridine rings is 1. The van der Waals surface area contributed by atoms with Gasteiger partial charge < -0.3 is 10.1 Å². The SMILES string of the molecule is O=C(Nc1cccc(Cc2cc(Cl)ccc2OCCCc2ccccc2)n1)C1=NCCC=C1. The number of anilines is 1. The van der Waals surface area contributed by atoms with Gasteiger partial charge in [0.1, 0.15) is 17.3 Å². The van der Waals surface area contributed by atoms with Crippen molar-refractivity contribution in [1.29, 1.82) is 0 Å². The fourth-order valence-electron chi connectivity index (χ4n) is 3.61. The van der Waals surface area contributed by atoms with E-state index in [9.17, 15) is 4.79 Å². The van der Waals surface area contributed by atoms with Crippen LogP contribution in [0.4, 0.5) is 5.82 Å². The van der Waals surface area contributed by atoms with Crippen molar-refractivity contribution < 1.29 is 9.53 Å². The van der Waals surface area contributed by atoms with Gasteiger partial charge in [0, 0.05) is 29.2 Å². The van der Waals surface area contributed by atoms with Crippen LogP contribution in [0.3, 0.4) is 0 Å². The second-order valence-corrected chi connectivity index (χ2v) is 8.23. The minimum atomic E-state index is -0.249. The molecule has 3 aromatic rings. The van der Waals surface area contributed by atoms with Gasteiger partial charge in [0.2, 0.25) is 0 Å². The average molecular weight is 460 g/mol. The third-order valence-corrected chi connectivity index (χ3v) is 5.47. The number of rotatable bonds is 9. The Labute approximate surface area is 199 Å². The molecule has 2 heterocycles. The first-order valence-electron chi connectivity index (χ1n) is 11.1. The summed E-state index contributed by atoms with van der Waals surface area (Å²) in [4.78, 5) is 21.3. The molecule has 1 N–H and O–H groups in total. The summed E-state index contributed by atoms with van der Waals surface area (Å²) in [5, 5.41) is 3.48. The number of aromatic nitrogens is 1. The van der Waals surface area contributed by atoms with Crippen molar-refractivity contribution in [3.05, 3.63) is 101 Å². The molecule has 0 fully saturated rings. The highest BCUT2D eigenvalue weighted by atomic mass is 35.5. The summed E-state index contributed by atoms with van der Waals surface area (Å²) in [5.41, 5.74) is 3.49. The average Bonchev–Trinajstić information content (AvgIpc) is 2.84. The van der Waals surface area contributed by atoms with Crippen LogP contribution in [0.15, 0.2) is 83.9 Å². The molecule has 1 aromatic heterocycles. The van der Waals surface area contributed by atoms with Gasteiger partial charge in [-0.1, -0.05) is 54.1 Å². The van der Waals surface area contributed by atoms with Crippen LogP contribution in [0.2, 0.25) is 5.02 Å². The van der Waals surface area contributed by atoms with E-state index in [0.717, 1.165) is 36.3 Å². The quantitative estimate of drug-likeness (QED) is 0.419. The monoisotopic (exact) mass is 459 g/mol. The third kappa shape index (κ3) is 6.77. The topological polar surface area (TPSA) is 63.6 Å². The second kappa shape index (κ2) is 11.4. The predicted molar refractivity (Wildman–Crippen MR) is 133 cm³/mol. The molecule has 0 unspecified atom stereocenters. The van der Waals surface area contributed by atoms with E-state index in [2.05, 4.69) is 39.6 Å². The molecule has 0 saturated heterocycles. The Morgan fingerprint density at radius 3 is 2.76 bits per heavy atom. The van der Waals surface area contributed by atoms with Crippen LogP contribution in [0, 0.1) is 0 Å². The molecule has 1 amide bonds. The van der Waals surface area contributed by atoms with Crippen LogP contribution in [-0.4, -0.2) is 29.8 Å². The van der Waals surface area contributed by atoms with Crippen molar-refractivity contribution >= 4 is 29.0 Å². The number of amides is 1. The molecule has 1 aliphatic rings. The Hall–Kier alpha value is -3.44. The summed E-state index contributed by atoms with van der Waals surface area (Å²) < 4.78 is 6.08. The van der Waals surface area contributed by atoms with Crippen molar-refractivity contribution in [2.24, 2.45) is 4.99 Å². The number of hydrogen-bond donors (Lipinski definition) is 1. The Bertz CT molecular complexity index is 1160. The molecule has 5 nitrogen and oxygen atoms in total. The van der Waals surface area contributed by atoms with E-state index in [1.54, 1.807) is 12.1 Å². The standard InChI is InChI=1S/C27H26ClN3O2/c28-22-14-15-25(33-17-7-10-20-8-2-1-3-9-20)21(18-22)19-23-11-6-13-26(30-23)31-27(32)24-12-4-5-16-29-24/h1-4,6,8-9,11-15,18H,5,7,10,16-17,19H2,(H,30,31,32).